The Bertz CT molecular complexity index is 2470. The Balaban J connectivity index is 1.20. The molecule has 1 aliphatic heterocycles. The molecule has 0 unspecified atom stereocenters. The number of pyridine rings is 1. The molecule has 3 heterocycles. The number of rotatable bonds is 5. The van der Waals surface area contributed by atoms with Crippen molar-refractivity contribution >= 4 is 44.6 Å². The molecule has 0 saturated heterocycles. The van der Waals surface area contributed by atoms with Crippen LogP contribution in [-0.2, 0) is 16.2 Å². The van der Waals surface area contributed by atoms with Crippen LogP contribution in [-0.4, -0.2) is 16.2 Å². The van der Waals surface area contributed by atoms with Crippen molar-refractivity contribution in [3.63, 3.8) is 0 Å². The molecule has 0 spiro atoms. The molecule has 0 aliphatic carbocycles. The van der Waals surface area contributed by atoms with Gasteiger partial charge in [0.15, 0.2) is 0 Å². The minimum absolute atomic E-state index is 0.00424. The molecular formula is C48H50N4O. The van der Waals surface area contributed by atoms with E-state index in [1.165, 1.54) is 44.5 Å². The van der Waals surface area contributed by atoms with Crippen molar-refractivity contribution in [1.82, 2.24) is 9.55 Å². The van der Waals surface area contributed by atoms with Gasteiger partial charge in [0.2, 0.25) is 0 Å². The number of ether oxygens (including phenoxy) is 1. The Morgan fingerprint density at radius 1 is 0.491 bits per heavy atom. The molecule has 268 valence electrons. The highest BCUT2D eigenvalue weighted by Gasteiger charge is 2.30. The molecular weight excluding hydrogens is 649 g/mol. The zero-order valence-electron chi connectivity index (χ0n) is 32.5. The summed E-state index contributed by atoms with van der Waals surface area (Å²) in [5.41, 5.74) is 10.7. The molecule has 0 saturated carbocycles. The molecule has 2 aromatic heterocycles. The summed E-state index contributed by atoms with van der Waals surface area (Å²) in [5.74, 6) is 2.50. The summed E-state index contributed by atoms with van der Waals surface area (Å²) in [6.07, 6.45) is 1.93. The van der Waals surface area contributed by atoms with Gasteiger partial charge in [-0.1, -0.05) is 105 Å². The van der Waals surface area contributed by atoms with Crippen LogP contribution in [0.15, 0.2) is 128 Å². The van der Waals surface area contributed by atoms with Crippen molar-refractivity contribution in [1.29, 1.82) is 0 Å². The summed E-state index contributed by atoms with van der Waals surface area (Å²) in [6.45, 7) is 21.0. The summed E-state index contributed by atoms with van der Waals surface area (Å²) in [7, 11) is 0. The summed E-state index contributed by atoms with van der Waals surface area (Å²) in [5, 5.41) is 2.36. The average molecular weight is 699 g/mol. The molecule has 0 amide bonds. The van der Waals surface area contributed by atoms with Crippen LogP contribution in [0.4, 0.5) is 22.7 Å². The number of anilines is 4. The molecule has 0 bridgehead atoms. The second-order valence-electron chi connectivity index (χ2n) is 17.5. The molecule has 7 aromatic rings. The van der Waals surface area contributed by atoms with Gasteiger partial charge in [0.1, 0.15) is 24.0 Å². The van der Waals surface area contributed by atoms with E-state index in [0.29, 0.717) is 6.67 Å². The summed E-state index contributed by atoms with van der Waals surface area (Å²) < 4.78 is 9.13. The molecule has 53 heavy (non-hydrogen) atoms. The molecule has 0 fully saturated rings. The van der Waals surface area contributed by atoms with Gasteiger partial charge in [0.05, 0.1) is 22.4 Å². The number of hydrogen-bond donors (Lipinski definition) is 0. The predicted octanol–water partition coefficient (Wildman–Crippen LogP) is 13.1. The van der Waals surface area contributed by atoms with E-state index in [1.807, 2.05) is 6.20 Å². The third-order valence-electron chi connectivity index (χ3n) is 10.6. The van der Waals surface area contributed by atoms with Crippen molar-refractivity contribution in [2.45, 2.75) is 78.6 Å². The summed E-state index contributed by atoms with van der Waals surface area (Å²) >= 11 is 0. The van der Waals surface area contributed by atoms with Gasteiger partial charge in [-0.3, -0.25) is 4.57 Å². The van der Waals surface area contributed by atoms with Crippen molar-refractivity contribution in [3.8, 4) is 17.3 Å². The Hall–Kier alpha value is -5.55. The maximum atomic E-state index is 6.86. The van der Waals surface area contributed by atoms with Gasteiger partial charge in [0.25, 0.3) is 0 Å². The zero-order chi connectivity index (χ0) is 37.3. The minimum Gasteiger partial charge on any atom is -0.457 e. The lowest BCUT2D eigenvalue weighted by Gasteiger charge is -2.26. The van der Waals surface area contributed by atoms with Crippen LogP contribution in [0, 0.1) is 0 Å². The molecule has 1 aliphatic rings. The van der Waals surface area contributed by atoms with E-state index in [0.717, 1.165) is 34.0 Å². The number of nitrogens with zero attached hydrogens (tertiary/aromatic N) is 4. The van der Waals surface area contributed by atoms with E-state index in [4.69, 9.17) is 9.72 Å². The first-order valence-electron chi connectivity index (χ1n) is 18.7. The van der Waals surface area contributed by atoms with E-state index in [1.54, 1.807) is 0 Å². The normalized spacial score (nSPS) is 13.6. The van der Waals surface area contributed by atoms with Gasteiger partial charge < -0.3 is 14.5 Å². The molecule has 5 nitrogen and oxygen atoms in total. The van der Waals surface area contributed by atoms with E-state index >= 15 is 0 Å². The number of hydrogen-bond acceptors (Lipinski definition) is 4. The van der Waals surface area contributed by atoms with Crippen LogP contribution >= 0.6 is 0 Å². The molecule has 0 atom stereocenters. The number of aromatic nitrogens is 2. The number of para-hydroxylation sites is 3. The van der Waals surface area contributed by atoms with Crippen LogP contribution in [0.3, 0.4) is 0 Å². The quantitative estimate of drug-likeness (QED) is 0.179. The monoisotopic (exact) mass is 698 g/mol. The fraction of sp³-hybridized carbons (Fsp3) is 0.271. The maximum Gasteiger partial charge on any atom is 0.137 e. The minimum atomic E-state index is -0.0873. The first-order chi connectivity index (χ1) is 25.1. The smallest absolute Gasteiger partial charge is 0.137 e. The van der Waals surface area contributed by atoms with Crippen LogP contribution < -0.4 is 14.5 Å². The van der Waals surface area contributed by atoms with Crippen molar-refractivity contribution < 1.29 is 4.74 Å². The third kappa shape index (κ3) is 6.43. The van der Waals surface area contributed by atoms with Gasteiger partial charge in [-0.25, -0.2) is 4.98 Å². The van der Waals surface area contributed by atoms with Crippen LogP contribution in [0.25, 0.3) is 27.6 Å². The van der Waals surface area contributed by atoms with Gasteiger partial charge in [-0.05, 0) is 99.7 Å². The first-order valence-corrected chi connectivity index (χ1v) is 18.7. The predicted molar refractivity (Wildman–Crippen MR) is 223 cm³/mol. The SMILES string of the molecule is CC(C)(C)c1ccc(N2CN(c3cc(Oc4ccc5c6ccccc6n(-c6cc(C(C)(C)C)ccn6)c5c4)cc(C(C)(C)C)c3)c3ccccc32)cc1. The maximum absolute atomic E-state index is 6.86. The highest BCUT2D eigenvalue weighted by atomic mass is 16.5. The Labute approximate surface area is 314 Å². The van der Waals surface area contributed by atoms with Crippen molar-refractivity contribution in [2.24, 2.45) is 0 Å². The fourth-order valence-electron chi connectivity index (χ4n) is 7.43. The first kappa shape index (κ1) is 34.5. The topological polar surface area (TPSA) is 33.5 Å². The second-order valence-corrected chi connectivity index (χ2v) is 17.5. The van der Waals surface area contributed by atoms with E-state index < -0.39 is 0 Å². The Morgan fingerprint density at radius 2 is 1.11 bits per heavy atom. The lowest BCUT2D eigenvalue weighted by atomic mass is 9.86. The Morgan fingerprint density at radius 3 is 1.79 bits per heavy atom. The number of fused-ring (bicyclic) bond motifs is 4. The lowest BCUT2D eigenvalue weighted by Crippen LogP contribution is -2.24. The average Bonchev–Trinajstić information content (AvgIpc) is 3.67. The molecule has 5 heteroatoms. The zero-order valence-corrected chi connectivity index (χ0v) is 32.5. The van der Waals surface area contributed by atoms with Gasteiger partial charge >= 0.3 is 0 Å². The molecule has 8 rings (SSSR count). The molecule has 5 aromatic carbocycles. The summed E-state index contributed by atoms with van der Waals surface area (Å²) in [6, 6.07) is 43.8. The van der Waals surface area contributed by atoms with Crippen LogP contribution in [0.2, 0.25) is 0 Å². The van der Waals surface area contributed by atoms with Crippen LogP contribution in [0.5, 0.6) is 11.5 Å². The molecule has 0 N–H and O–H groups in total. The van der Waals surface area contributed by atoms with Crippen molar-refractivity contribution in [2.75, 3.05) is 16.5 Å². The van der Waals surface area contributed by atoms with Crippen LogP contribution in [0.1, 0.15) is 79.0 Å². The highest BCUT2D eigenvalue weighted by molar-refractivity contribution is 6.09. The fourth-order valence-corrected chi connectivity index (χ4v) is 7.43. The highest BCUT2D eigenvalue weighted by Crippen LogP contribution is 2.46. The summed E-state index contributed by atoms with van der Waals surface area (Å²) in [4.78, 5) is 9.69. The van der Waals surface area contributed by atoms with Gasteiger partial charge in [-0.15, -0.1) is 0 Å². The van der Waals surface area contributed by atoms with Gasteiger partial charge in [-0.2, -0.15) is 0 Å². The van der Waals surface area contributed by atoms with Crippen molar-refractivity contribution in [3.05, 3.63) is 144 Å². The lowest BCUT2D eigenvalue weighted by molar-refractivity contribution is 0.479. The second kappa shape index (κ2) is 12.5. The van der Waals surface area contributed by atoms with E-state index in [2.05, 4.69) is 198 Å². The largest absolute Gasteiger partial charge is 0.457 e. The third-order valence-corrected chi connectivity index (χ3v) is 10.6. The molecule has 0 radical (unpaired) electrons. The van der Waals surface area contributed by atoms with E-state index in [9.17, 15) is 0 Å². The standard InChI is InChI=1S/C48H50N4O/c1-46(2,3)32-18-20-35(21-19-32)50-31-51(43-17-13-12-16-42(43)50)36-26-34(48(7,8)9)27-38(29-36)53-37-22-23-40-39-14-10-11-15-41(39)52(44(40)30-37)45-28-33(24-25-49-45)47(4,5)6/h10-30H,31H2,1-9H3. The Kier molecular flexibility index (Phi) is 8.17. The van der Waals surface area contributed by atoms with E-state index in [-0.39, 0.29) is 16.2 Å². The van der Waals surface area contributed by atoms with Gasteiger partial charge in [0, 0.05) is 40.5 Å². The number of benzene rings is 5.